The summed E-state index contributed by atoms with van der Waals surface area (Å²) in [5.74, 6) is -3.51. The van der Waals surface area contributed by atoms with Crippen molar-refractivity contribution in [1.29, 1.82) is 0 Å². The highest BCUT2D eigenvalue weighted by Gasteiger charge is 2.32. The van der Waals surface area contributed by atoms with Crippen LogP contribution in [0, 0.1) is 11.8 Å². The minimum Gasteiger partial charge on any atom is -0.480 e. The number of fused-ring (bicyclic) bond motifs is 1. The fraction of sp³-hybridized carbons (Fsp3) is 0.538. The maximum atomic E-state index is 13.4. The van der Waals surface area contributed by atoms with E-state index in [9.17, 15) is 29.4 Å². The third-order valence-electron chi connectivity index (χ3n) is 6.12. The number of benzene rings is 1. The zero-order valence-corrected chi connectivity index (χ0v) is 21.9. The molecule has 0 saturated heterocycles. The van der Waals surface area contributed by atoms with Crippen LogP contribution < -0.4 is 21.7 Å². The van der Waals surface area contributed by atoms with E-state index in [-0.39, 0.29) is 24.7 Å². The number of para-hydroxylation sites is 1. The average molecular weight is 518 g/mol. The molecule has 2 rings (SSSR count). The molecule has 11 heteroatoms. The Balaban J connectivity index is 2.31. The molecular weight excluding hydrogens is 478 g/mol. The first-order valence-corrected chi connectivity index (χ1v) is 12.4. The number of aliphatic carboxylic acids is 1. The molecule has 204 valence electrons. The number of aromatic nitrogens is 1. The summed E-state index contributed by atoms with van der Waals surface area (Å²) in [7, 11) is 0. The van der Waals surface area contributed by atoms with Crippen molar-refractivity contribution in [2.45, 2.75) is 77.7 Å². The summed E-state index contributed by atoms with van der Waals surface area (Å²) in [6, 6.07) is 2.97. The summed E-state index contributed by atoms with van der Waals surface area (Å²) in [6.45, 7) is 8.46. The van der Waals surface area contributed by atoms with Gasteiger partial charge in [0.05, 0.1) is 6.10 Å². The molecule has 1 aromatic carbocycles. The van der Waals surface area contributed by atoms with E-state index in [0.29, 0.717) is 0 Å². The van der Waals surface area contributed by atoms with Crippen molar-refractivity contribution in [3.63, 3.8) is 0 Å². The maximum Gasteiger partial charge on any atom is 0.326 e. The van der Waals surface area contributed by atoms with Crippen molar-refractivity contribution in [2.24, 2.45) is 17.6 Å². The third-order valence-corrected chi connectivity index (χ3v) is 6.12. The van der Waals surface area contributed by atoms with Crippen LogP contribution in [0.2, 0.25) is 0 Å². The SMILES string of the molecule is CC(C)CC(NC(=O)C(Cc1c[nH]c2ccccc12)NC(=O)C(N)C(C)O)C(=O)NC(C(=O)O)C(C)C. The van der Waals surface area contributed by atoms with Crippen LogP contribution in [0.15, 0.2) is 30.5 Å². The fourth-order valence-corrected chi connectivity index (χ4v) is 3.96. The molecule has 0 radical (unpaired) electrons. The van der Waals surface area contributed by atoms with E-state index in [2.05, 4.69) is 20.9 Å². The number of rotatable bonds is 13. The van der Waals surface area contributed by atoms with E-state index >= 15 is 0 Å². The average Bonchev–Trinajstić information content (AvgIpc) is 3.22. The molecule has 0 bridgehead atoms. The van der Waals surface area contributed by atoms with Gasteiger partial charge in [-0.2, -0.15) is 0 Å². The van der Waals surface area contributed by atoms with Gasteiger partial charge < -0.3 is 36.9 Å². The normalized spacial score (nSPS) is 15.6. The lowest BCUT2D eigenvalue weighted by Gasteiger charge is -2.27. The summed E-state index contributed by atoms with van der Waals surface area (Å²) < 4.78 is 0. The maximum absolute atomic E-state index is 13.4. The number of nitrogens with one attached hydrogen (secondary N) is 4. The predicted octanol–water partition coefficient (Wildman–Crippen LogP) is 0.660. The molecule has 37 heavy (non-hydrogen) atoms. The Hall–Kier alpha value is -3.44. The topological polar surface area (TPSA) is 187 Å². The molecule has 3 amide bonds. The van der Waals surface area contributed by atoms with Gasteiger partial charge in [0, 0.05) is 23.5 Å². The minimum absolute atomic E-state index is 0.00342. The summed E-state index contributed by atoms with van der Waals surface area (Å²) in [5, 5.41) is 27.9. The van der Waals surface area contributed by atoms with E-state index in [1.165, 1.54) is 6.92 Å². The summed E-state index contributed by atoms with van der Waals surface area (Å²) >= 11 is 0. The first-order valence-electron chi connectivity index (χ1n) is 12.4. The van der Waals surface area contributed by atoms with Crippen molar-refractivity contribution >= 4 is 34.6 Å². The lowest BCUT2D eigenvalue weighted by Crippen LogP contribution is -2.59. The second-order valence-corrected chi connectivity index (χ2v) is 10.2. The Kier molecular flexibility index (Phi) is 10.6. The van der Waals surface area contributed by atoms with Crippen LogP contribution in [0.5, 0.6) is 0 Å². The second-order valence-electron chi connectivity index (χ2n) is 10.2. The zero-order chi connectivity index (χ0) is 27.9. The number of aliphatic hydroxyl groups excluding tert-OH is 1. The summed E-state index contributed by atoms with van der Waals surface area (Å²) in [5.41, 5.74) is 7.40. The number of H-pyrrole nitrogens is 1. The van der Waals surface area contributed by atoms with Gasteiger partial charge in [-0.1, -0.05) is 45.9 Å². The highest BCUT2D eigenvalue weighted by molar-refractivity contribution is 5.95. The highest BCUT2D eigenvalue weighted by Crippen LogP contribution is 2.19. The Labute approximate surface area is 216 Å². The Morgan fingerprint density at radius 3 is 2.08 bits per heavy atom. The smallest absolute Gasteiger partial charge is 0.326 e. The molecule has 11 nitrogen and oxygen atoms in total. The van der Waals surface area contributed by atoms with E-state index in [4.69, 9.17) is 5.73 Å². The number of carboxylic acid groups (broad SMARTS) is 1. The standard InChI is InChI=1S/C26H39N5O6/c1-13(2)10-19(24(34)31-22(14(3)4)26(36)37)29-23(33)20(30-25(35)21(27)15(5)32)11-16-12-28-18-9-7-6-8-17(16)18/h6-9,12-15,19-22,28,32H,10-11,27H2,1-5H3,(H,29,33)(H,30,35)(H,31,34)(H,36,37). The van der Waals surface area contributed by atoms with Crippen molar-refractivity contribution in [3.8, 4) is 0 Å². The number of carbonyl (C=O) groups is 4. The van der Waals surface area contributed by atoms with Crippen LogP contribution in [0.3, 0.4) is 0 Å². The van der Waals surface area contributed by atoms with Gasteiger partial charge in [-0.05, 0) is 36.8 Å². The molecule has 0 fully saturated rings. The molecule has 8 N–H and O–H groups in total. The van der Waals surface area contributed by atoms with Crippen molar-refractivity contribution in [3.05, 3.63) is 36.0 Å². The van der Waals surface area contributed by atoms with Gasteiger partial charge in [-0.15, -0.1) is 0 Å². The molecule has 5 atom stereocenters. The van der Waals surface area contributed by atoms with Gasteiger partial charge in [0.1, 0.15) is 24.2 Å². The second kappa shape index (κ2) is 13.2. The quantitative estimate of drug-likeness (QED) is 0.203. The first kappa shape index (κ1) is 29.8. The lowest BCUT2D eigenvalue weighted by molar-refractivity contribution is -0.143. The number of amides is 3. The van der Waals surface area contributed by atoms with Gasteiger partial charge in [0.25, 0.3) is 0 Å². The molecule has 0 aliphatic rings. The van der Waals surface area contributed by atoms with Gasteiger partial charge in [0.2, 0.25) is 17.7 Å². The van der Waals surface area contributed by atoms with Crippen LogP contribution in [-0.4, -0.2) is 69.2 Å². The van der Waals surface area contributed by atoms with E-state index in [0.717, 1.165) is 16.5 Å². The number of aromatic amines is 1. The number of carboxylic acids is 1. The number of aliphatic hydroxyl groups is 1. The third kappa shape index (κ3) is 8.29. The van der Waals surface area contributed by atoms with Crippen LogP contribution in [0.4, 0.5) is 0 Å². The summed E-state index contributed by atoms with van der Waals surface area (Å²) in [6.07, 6.45) is 0.946. The van der Waals surface area contributed by atoms with Gasteiger partial charge in [-0.25, -0.2) is 4.79 Å². The molecule has 5 unspecified atom stereocenters. The largest absolute Gasteiger partial charge is 0.480 e. The Bertz CT molecular complexity index is 1100. The van der Waals surface area contributed by atoms with Crippen molar-refractivity contribution in [1.82, 2.24) is 20.9 Å². The van der Waals surface area contributed by atoms with Crippen molar-refractivity contribution < 1.29 is 29.4 Å². The Morgan fingerprint density at radius 2 is 1.51 bits per heavy atom. The van der Waals surface area contributed by atoms with E-state index < -0.39 is 54.0 Å². The first-order chi connectivity index (χ1) is 17.3. The lowest BCUT2D eigenvalue weighted by atomic mass is 9.99. The van der Waals surface area contributed by atoms with Gasteiger partial charge in [0.15, 0.2) is 0 Å². The van der Waals surface area contributed by atoms with E-state index in [1.54, 1.807) is 20.0 Å². The number of nitrogens with two attached hydrogens (primary N) is 1. The molecule has 0 saturated carbocycles. The number of carbonyl (C=O) groups excluding carboxylic acids is 3. The summed E-state index contributed by atoms with van der Waals surface area (Å²) in [4.78, 5) is 53.9. The molecule has 1 heterocycles. The number of hydrogen-bond acceptors (Lipinski definition) is 6. The monoisotopic (exact) mass is 517 g/mol. The molecule has 0 spiro atoms. The molecule has 1 aromatic heterocycles. The Morgan fingerprint density at radius 1 is 0.919 bits per heavy atom. The zero-order valence-electron chi connectivity index (χ0n) is 21.9. The van der Waals surface area contributed by atoms with Crippen LogP contribution in [0.1, 0.15) is 46.6 Å². The van der Waals surface area contributed by atoms with Crippen LogP contribution in [0.25, 0.3) is 10.9 Å². The van der Waals surface area contributed by atoms with Crippen LogP contribution >= 0.6 is 0 Å². The van der Waals surface area contributed by atoms with Crippen molar-refractivity contribution in [2.75, 3.05) is 0 Å². The molecule has 0 aliphatic carbocycles. The number of hydrogen-bond donors (Lipinski definition) is 7. The molecule has 0 aliphatic heterocycles. The minimum atomic E-state index is -1.25. The fourth-order valence-electron chi connectivity index (χ4n) is 3.96. The van der Waals surface area contributed by atoms with Gasteiger partial charge in [-0.3, -0.25) is 14.4 Å². The molecule has 2 aromatic rings. The predicted molar refractivity (Wildman–Crippen MR) is 139 cm³/mol. The van der Waals surface area contributed by atoms with Crippen LogP contribution in [-0.2, 0) is 25.6 Å². The molecular formula is C26H39N5O6. The highest BCUT2D eigenvalue weighted by atomic mass is 16.4. The van der Waals surface area contributed by atoms with Gasteiger partial charge >= 0.3 is 5.97 Å². The van der Waals surface area contributed by atoms with E-state index in [1.807, 2.05) is 38.1 Å².